The minimum absolute atomic E-state index is 0.331. The van der Waals surface area contributed by atoms with Crippen molar-refractivity contribution >= 4 is 23.2 Å². The van der Waals surface area contributed by atoms with Crippen LogP contribution in [0, 0.1) is 0 Å². The largest absolute Gasteiger partial charge is 0.496 e. The van der Waals surface area contributed by atoms with Gasteiger partial charge in [-0.05, 0) is 30.2 Å². The van der Waals surface area contributed by atoms with Gasteiger partial charge in [-0.2, -0.15) is 0 Å². The van der Waals surface area contributed by atoms with Crippen molar-refractivity contribution in [2.75, 3.05) is 23.9 Å². The molecule has 5 heteroatoms. The molecule has 0 fully saturated rings. The molecule has 0 aliphatic carbocycles. The van der Waals surface area contributed by atoms with E-state index in [2.05, 4.69) is 5.32 Å². The van der Waals surface area contributed by atoms with E-state index in [-0.39, 0.29) is 5.91 Å². The van der Waals surface area contributed by atoms with Crippen LogP contribution in [-0.2, 0) is 11.2 Å². The number of carbonyl (C=O) groups is 2. The van der Waals surface area contributed by atoms with E-state index < -0.39 is 5.91 Å². The summed E-state index contributed by atoms with van der Waals surface area (Å²) in [4.78, 5) is 26.4. The first-order chi connectivity index (χ1) is 11.1. The number of para-hydroxylation sites is 2. The van der Waals surface area contributed by atoms with Gasteiger partial charge in [0.25, 0.3) is 5.91 Å². The van der Waals surface area contributed by atoms with Crippen LogP contribution in [0.1, 0.15) is 22.8 Å². The number of nitrogens with zero attached hydrogens (tertiary/aromatic N) is 1. The summed E-state index contributed by atoms with van der Waals surface area (Å²) < 4.78 is 5.25. The molecule has 0 atom stereocenters. The summed E-state index contributed by atoms with van der Waals surface area (Å²) in [6.45, 7) is 2.20. The molecule has 0 aromatic heterocycles. The average molecular weight is 310 g/mol. The number of amides is 2. The van der Waals surface area contributed by atoms with Crippen molar-refractivity contribution in [1.82, 2.24) is 0 Å². The van der Waals surface area contributed by atoms with Crippen molar-refractivity contribution < 1.29 is 14.3 Å². The van der Waals surface area contributed by atoms with Crippen LogP contribution in [0.25, 0.3) is 0 Å². The van der Waals surface area contributed by atoms with Gasteiger partial charge in [-0.3, -0.25) is 9.59 Å². The molecule has 5 nitrogen and oxygen atoms in total. The summed E-state index contributed by atoms with van der Waals surface area (Å²) >= 11 is 0. The standard InChI is InChI=1S/C18H18N2O3/c1-12(21)20(15-8-5-6-13-10-11-19-17(13)15)18(22)14-7-3-4-9-16(14)23-2/h3-9,19H,10-11H2,1-2H3. The first kappa shape index (κ1) is 15.1. The van der Waals surface area contributed by atoms with Gasteiger partial charge in [-0.25, -0.2) is 4.90 Å². The Balaban J connectivity index is 2.08. The first-order valence-electron chi connectivity index (χ1n) is 7.47. The van der Waals surface area contributed by atoms with E-state index in [1.54, 1.807) is 30.3 Å². The monoisotopic (exact) mass is 310 g/mol. The first-order valence-corrected chi connectivity index (χ1v) is 7.47. The fourth-order valence-electron chi connectivity index (χ4n) is 2.87. The molecule has 0 spiro atoms. The van der Waals surface area contributed by atoms with Gasteiger partial charge in [-0.15, -0.1) is 0 Å². The van der Waals surface area contributed by atoms with Crippen molar-refractivity contribution in [3.8, 4) is 5.75 Å². The molecule has 2 aromatic carbocycles. The van der Waals surface area contributed by atoms with E-state index >= 15 is 0 Å². The molecular weight excluding hydrogens is 292 g/mol. The van der Waals surface area contributed by atoms with Crippen molar-refractivity contribution in [3.63, 3.8) is 0 Å². The molecule has 1 aliphatic rings. The Morgan fingerprint density at radius 1 is 1.13 bits per heavy atom. The Kier molecular flexibility index (Phi) is 4.02. The minimum atomic E-state index is -0.392. The summed E-state index contributed by atoms with van der Waals surface area (Å²) in [6, 6.07) is 12.6. The highest BCUT2D eigenvalue weighted by molar-refractivity contribution is 6.22. The van der Waals surface area contributed by atoms with E-state index in [9.17, 15) is 9.59 Å². The molecule has 0 saturated heterocycles. The molecule has 3 rings (SSSR count). The van der Waals surface area contributed by atoms with E-state index in [1.807, 2.05) is 12.1 Å². The van der Waals surface area contributed by atoms with Crippen molar-refractivity contribution in [3.05, 3.63) is 53.6 Å². The number of hydrogen-bond acceptors (Lipinski definition) is 4. The quantitative estimate of drug-likeness (QED) is 0.947. The Hall–Kier alpha value is -2.82. The number of nitrogens with one attached hydrogen (secondary N) is 1. The second-order valence-corrected chi connectivity index (χ2v) is 5.35. The zero-order valence-corrected chi connectivity index (χ0v) is 13.1. The van der Waals surface area contributed by atoms with Crippen molar-refractivity contribution in [2.45, 2.75) is 13.3 Å². The fraction of sp³-hybridized carbons (Fsp3) is 0.222. The highest BCUT2D eigenvalue weighted by Crippen LogP contribution is 2.35. The summed E-state index contributed by atoms with van der Waals surface area (Å²) in [7, 11) is 1.51. The number of carbonyl (C=O) groups excluding carboxylic acids is 2. The average Bonchev–Trinajstić information content (AvgIpc) is 3.04. The molecule has 118 valence electrons. The zero-order chi connectivity index (χ0) is 16.4. The van der Waals surface area contributed by atoms with Gasteiger partial charge in [0.2, 0.25) is 5.91 Å². The van der Waals surface area contributed by atoms with Crippen LogP contribution in [0.3, 0.4) is 0 Å². The predicted octanol–water partition coefficient (Wildman–Crippen LogP) is 2.86. The highest BCUT2D eigenvalue weighted by atomic mass is 16.5. The van der Waals surface area contributed by atoms with Gasteiger partial charge in [0.05, 0.1) is 24.0 Å². The minimum Gasteiger partial charge on any atom is -0.496 e. The molecular formula is C18H18N2O3. The normalized spacial score (nSPS) is 12.3. The lowest BCUT2D eigenvalue weighted by molar-refractivity contribution is -0.115. The van der Waals surface area contributed by atoms with Crippen LogP contribution < -0.4 is 15.0 Å². The maximum absolute atomic E-state index is 13.0. The summed E-state index contributed by atoms with van der Waals surface area (Å²) in [5, 5.41) is 3.26. The summed E-state index contributed by atoms with van der Waals surface area (Å²) in [5.41, 5.74) is 2.91. The topological polar surface area (TPSA) is 58.6 Å². The lowest BCUT2D eigenvalue weighted by atomic mass is 10.1. The van der Waals surface area contributed by atoms with Crippen LogP contribution in [0.4, 0.5) is 11.4 Å². The SMILES string of the molecule is COc1ccccc1C(=O)N(C(C)=O)c1cccc2c1NCC2. The Morgan fingerprint density at radius 2 is 1.91 bits per heavy atom. The lowest BCUT2D eigenvalue weighted by Crippen LogP contribution is -2.35. The number of rotatable bonds is 3. The third kappa shape index (κ3) is 2.65. The van der Waals surface area contributed by atoms with Crippen LogP contribution in [0.2, 0.25) is 0 Å². The molecule has 1 heterocycles. The molecule has 0 unspecified atom stereocenters. The summed E-state index contributed by atoms with van der Waals surface area (Å²) in [5.74, 6) is -0.274. The maximum Gasteiger partial charge on any atom is 0.268 e. The molecule has 0 saturated carbocycles. The zero-order valence-electron chi connectivity index (χ0n) is 13.1. The highest BCUT2D eigenvalue weighted by Gasteiger charge is 2.28. The third-order valence-electron chi connectivity index (χ3n) is 3.92. The Bertz CT molecular complexity index is 771. The number of anilines is 2. The molecule has 0 radical (unpaired) electrons. The van der Waals surface area contributed by atoms with Gasteiger partial charge >= 0.3 is 0 Å². The van der Waals surface area contributed by atoms with E-state index in [0.29, 0.717) is 17.0 Å². The van der Waals surface area contributed by atoms with Crippen LogP contribution in [-0.4, -0.2) is 25.5 Å². The van der Waals surface area contributed by atoms with Gasteiger partial charge < -0.3 is 10.1 Å². The number of ether oxygens (including phenoxy) is 1. The number of imide groups is 1. The van der Waals surface area contributed by atoms with Gasteiger partial charge in [-0.1, -0.05) is 24.3 Å². The van der Waals surface area contributed by atoms with Crippen LogP contribution in [0.5, 0.6) is 5.75 Å². The van der Waals surface area contributed by atoms with Gasteiger partial charge in [0.1, 0.15) is 5.75 Å². The van der Waals surface area contributed by atoms with Crippen molar-refractivity contribution in [2.24, 2.45) is 0 Å². The third-order valence-corrected chi connectivity index (χ3v) is 3.92. The maximum atomic E-state index is 13.0. The number of hydrogen-bond donors (Lipinski definition) is 1. The van der Waals surface area contributed by atoms with Gasteiger partial charge in [0.15, 0.2) is 0 Å². The van der Waals surface area contributed by atoms with Crippen LogP contribution >= 0.6 is 0 Å². The number of benzene rings is 2. The second kappa shape index (κ2) is 6.12. The van der Waals surface area contributed by atoms with E-state index in [1.165, 1.54) is 18.9 Å². The number of methoxy groups -OCH3 is 1. The number of fused-ring (bicyclic) bond motifs is 1. The van der Waals surface area contributed by atoms with Crippen molar-refractivity contribution in [1.29, 1.82) is 0 Å². The Morgan fingerprint density at radius 3 is 2.65 bits per heavy atom. The van der Waals surface area contributed by atoms with Crippen LogP contribution in [0.15, 0.2) is 42.5 Å². The summed E-state index contributed by atoms with van der Waals surface area (Å²) in [6.07, 6.45) is 0.887. The molecule has 1 N–H and O–H groups in total. The predicted molar refractivity (Wildman–Crippen MR) is 89.1 cm³/mol. The molecule has 1 aliphatic heterocycles. The molecule has 2 aromatic rings. The Labute approximate surface area is 134 Å². The molecule has 0 bridgehead atoms. The van der Waals surface area contributed by atoms with E-state index in [0.717, 1.165) is 24.2 Å². The fourth-order valence-corrected chi connectivity index (χ4v) is 2.87. The molecule has 2 amide bonds. The van der Waals surface area contributed by atoms with Gasteiger partial charge in [0, 0.05) is 13.5 Å². The van der Waals surface area contributed by atoms with E-state index in [4.69, 9.17) is 4.74 Å². The second-order valence-electron chi connectivity index (χ2n) is 5.35. The lowest BCUT2D eigenvalue weighted by Gasteiger charge is -2.23. The smallest absolute Gasteiger partial charge is 0.268 e. The molecule has 23 heavy (non-hydrogen) atoms.